The Morgan fingerprint density at radius 2 is 2.15 bits per heavy atom. The number of thioether (sulfide) groups is 1. The van der Waals surface area contributed by atoms with Crippen molar-refractivity contribution in [1.29, 1.82) is 0 Å². The maximum absolute atomic E-state index is 12.7. The molecule has 1 amide bonds. The summed E-state index contributed by atoms with van der Waals surface area (Å²) in [6.07, 6.45) is 3.20. The van der Waals surface area contributed by atoms with E-state index in [9.17, 15) is 9.90 Å². The molecule has 2 aliphatic heterocycles. The van der Waals surface area contributed by atoms with E-state index < -0.39 is 5.60 Å². The van der Waals surface area contributed by atoms with Crippen molar-refractivity contribution in [3.8, 4) is 0 Å². The zero-order valence-corrected chi connectivity index (χ0v) is 12.7. The molecule has 0 radical (unpaired) electrons. The van der Waals surface area contributed by atoms with Crippen LogP contribution in [0.4, 0.5) is 0 Å². The molecule has 20 heavy (non-hydrogen) atoms. The highest BCUT2D eigenvalue weighted by molar-refractivity contribution is 8.01. The van der Waals surface area contributed by atoms with Gasteiger partial charge in [-0.3, -0.25) is 4.79 Å². The molecule has 2 aliphatic rings. The second-order valence-electron chi connectivity index (χ2n) is 6.09. The topological polar surface area (TPSA) is 40.5 Å². The number of hydrogen-bond donors (Lipinski definition) is 1. The Hall–Kier alpha value is -1.00. The Labute approximate surface area is 124 Å². The van der Waals surface area contributed by atoms with Crippen LogP contribution >= 0.6 is 11.8 Å². The van der Waals surface area contributed by atoms with Crippen LogP contribution < -0.4 is 0 Å². The first-order valence-electron chi connectivity index (χ1n) is 7.31. The molecule has 1 aromatic rings. The average Bonchev–Trinajstić information content (AvgIpc) is 2.77. The fourth-order valence-corrected chi connectivity index (χ4v) is 4.29. The number of aliphatic hydroxyl groups is 1. The lowest BCUT2D eigenvalue weighted by Crippen LogP contribution is -2.39. The fourth-order valence-electron chi connectivity index (χ4n) is 3.01. The fraction of sp³-hybridized carbons (Fsp3) is 0.562. The molecule has 1 saturated heterocycles. The van der Waals surface area contributed by atoms with Gasteiger partial charge in [0.05, 0.1) is 10.9 Å². The number of carbonyl (C=O) groups is 1. The molecular formula is C16H21NO2S. The summed E-state index contributed by atoms with van der Waals surface area (Å²) in [5.41, 5.74) is 0.679. The van der Waals surface area contributed by atoms with Crippen LogP contribution in [-0.2, 0) is 11.2 Å². The number of rotatable bonds is 1. The first-order chi connectivity index (χ1) is 9.55. The quantitative estimate of drug-likeness (QED) is 0.864. The zero-order chi connectivity index (χ0) is 14.2. The van der Waals surface area contributed by atoms with E-state index in [-0.39, 0.29) is 11.2 Å². The van der Waals surface area contributed by atoms with Crippen LogP contribution in [0.2, 0.25) is 0 Å². The molecule has 2 heterocycles. The van der Waals surface area contributed by atoms with E-state index in [1.54, 1.807) is 11.8 Å². The molecule has 0 aromatic heterocycles. The number of amides is 1. The molecule has 2 unspecified atom stereocenters. The normalized spacial score (nSPS) is 29.9. The van der Waals surface area contributed by atoms with Crippen LogP contribution in [0, 0.1) is 0 Å². The summed E-state index contributed by atoms with van der Waals surface area (Å²) >= 11 is 1.69. The lowest BCUT2D eigenvalue weighted by Gasteiger charge is -2.24. The van der Waals surface area contributed by atoms with Gasteiger partial charge in [-0.2, -0.15) is 0 Å². The Bertz CT molecular complexity index is 490. The van der Waals surface area contributed by atoms with Crippen LogP contribution in [0.3, 0.4) is 0 Å². The maximum Gasteiger partial charge on any atom is 0.236 e. The van der Waals surface area contributed by atoms with Crippen molar-refractivity contribution in [3.05, 3.63) is 29.8 Å². The molecule has 2 atom stereocenters. The Morgan fingerprint density at radius 1 is 1.35 bits per heavy atom. The first kappa shape index (κ1) is 14.0. The minimum absolute atomic E-state index is 0.0236. The average molecular weight is 291 g/mol. The third kappa shape index (κ3) is 2.86. The highest BCUT2D eigenvalue weighted by atomic mass is 32.2. The van der Waals surface area contributed by atoms with Gasteiger partial charge >= 0.3 is 0 Å². The van der Waals surface area contributed by atoms with Gasteiger partial charge < -0.3 is 10.0 Å². The van der Waals surface area contributed by atoms with E-state index in [0.717, 1.165) is 25.8 Å². The van der Waals surface area contributed by atoms with Gasteiger partial charge in [0.15, 0.2) is 0 Å². The smallest absolute Gasteiger partial charge is 0.236 e. The van der Waals surface area contributed by atoms with Gasteiger partial charge in [-0.15, -0.1) is 11.8 Å². The summed E-state index contributed by atoms with van der Waals surface area (Å²) in [6, 6.07) is 8.28. The van der Waals surface area contributed by atoms with E-state index in [1.165, 1.54) is 10.5 Å². The molecule has 0 spiro atoms. The van der Waals surface area contributed by atoms with Gasteiger partial charge in [0, 0.05) is 18.0 Å². The summed E-state index contributed by atoms with van der Waals surface area (Å²) in [5.74, 6) is 0.240. The van der Waals surface area contributed by atoms with Crippen molar-refractivity contribution in [2.75, 3.05) is 13.1 Å². The third-order valence-electron chi connectivity index (χ3n) is 4.30. The lowest BCUT2D eigenvalue weighted by atomic mass is 9.98. The number of nitrogens with zero attached hydrogens (tertiary/aromatic N) is 1. The van der Waals surface area contributed by atoms with Crippen molar-refractivity contribution in [1.82, 2.24) is 4.90 Å². The molecule has 4 heteroatoms. The standard InChI is InChI=1S/C16H21NO2S/c1-16(19)7-4-9-17(10-8-16)15(18)14-11-12-5-2-3-6-13(12)20-14/h2-3,5-6,14,19H,4,7-11H2,1H3. The number of carbonyl (C=O) groups excluding carboxylic acids is 1. The van der Waals surface area contributed by atoms with Gasteiger partial charge in [0.1, 0.15) is 0 Å². The van der Waals surface area contributed by atoms with Crippen molar-refractivity contribution in [2.24, 2.45) is 0 Å². The molecule has 108 valence electrons. The van der Waals surface area contributed by atoms with Gasteiger partial charge in [0.2, 0.25) is 5.91 Å². The molecule has 1 N–H and O–H groups in total. The monoisotopic (exact) mass is 291 g/mol. The Morgan fingerprint density at radius 3 is 2.95 bits per heavy atom. The van der Waals surface area contributed by atoms with E-state index >= 15 is 0 Å². The zero-order valence-electron chi connectivity index (χ0n) is 11.8. The largest absolute Gasteiger partial charge is 0.390 e. The van der Waals surface area contributed by atoms with E-state index in [1.807, 2.05) is 24.0 Å². The number of benzene rings is 1. The molecule has 0 bridgehead atoms. The Kier molecular flexibility index (Phi) is 3.78. The minimum atomic E-state index is -0.610. The third-order valence-corrected chi connectivity index (χ3v) is 5.60. The molecule has 1 aromatic carbocycles. The second-order valence-corrected chi connectivity index (χ2v) is 7.34. The van der Waals surface area contributed by atoms with Crippen LogP contribution in [-0.4, -0.2) is 39.9 Å². The van der Waals surface area contributed by atoms with Gasteiger partial charge in [-0.1, -0.05) is 18.2 Å². The minimum Gasteiger partial charge on any atom is -0.390 e. The summed E-state index contributed by atoms with van der Waals surface area (Å²) in [5, 5.41) is 10.1. The molecular weight excluding hydrogens is 270 g/mol. The highest BCUT2D eigenvalue weighted by Crippen LogP contribution is 2.38. The molecule has 1 fully saturated rings. The van der Waals surface area contributed by atoms with Gasteiger partial charge in [0.25, 0.3) is 0 Å². The van der Waals surface area contributed by atoms with Gasteiger partial charge in [-0.25, -0.2) is 0 Å². The number of fused-ring (bicyclic) bond motifs is 1. The van der Waals surface area contributed by atoms with Crippen LogP contribution in [0.25, 0.3) is 0 Å². The second kappa shape index (κ2) is 5.41. The lowest BCUT2D eigenvalue weighted by molar-refractivity contribution is -0.130. The molecule has 0 saturated carbocycles. The summed E-state index contributed by atoms with van der Waals surface area (Å²) < 4.78 is 0. The predicted octanol–water partition coefficient (Wildman–Crippen LogP) is 2.47. The van der Waals surface area contributed by atoms with Crippen molar-refractivity contribution >= 4 is 17.7 Å². The number of hydrogen-bond acceptors (Lipinski definition) is 3. The summed E-state index contributed by atoms with van der Waals surface area (Å²) in [7, 11) is 0. The van der Waals surface area contributed by atoms with Crippen molar-refractivity contribution in [2.45, 2.75) is 48.4 Å². The number of likely N-dealkylation sites (tertiary alicyclic amines) is 1. The first-order valence-corrected chi connectivity index (χ1v) is 8.19. The van der Waals surface area contributed by atoms with E-state index in [2.05, 4.69) is 12.1 Å². The van der Waals surface area contributed by atoms with Crippen molar-refractivity contribution < 1.29 is 9.90 Å². The maximum atomic E-state index is 12.7. The van der Waals surface area contributed by atoms with Crippen LogP contribution in [0.5, 0.6) is 0 Å². The SMILES string of the molecule is CC1(O)CCCN(C(=O)C2Cc3ccccc3S2)CC1. The van der Waals surface area contributed by atoms with Gasteiger partial charge in [-0.05, 0) is 44.2 Å². The summed E-state index contributed by atoms with van der Waals surface area (Å²) in [6.45, 7) is 3.34. The van der Waals surface area contributed by atoms with Crippen LogP contribution in [0.1, 0.15) is 31.7 Å². The Balaban J connectivity index is 1.66. The predicted molar refractivity (Wildman–Crippen MR) is 80.8 cm³/mol. The molecule has 3 nitrogen and oxygen atoms in total. The molecule has 0 aliphatic carbocycles. The van der Waals surface area contributed by atoms with E-state index in [0.29, 0.717) is 13.0 Å². The highest BCUT2D eigenvalue weighted by Gasteiger charge is 2.33. The van der Waals surface area contributed by atoms with Crippen LogP contribution in [0.15, 0.2) is 29.2 Å². The van der Waals surface area contributed by atoms with E-state index in [4.69, 9.17) is 0 Å². The molecule has 3 rings (SSSR count). The summed E-state index contributed by atoms with van der Waals surface area (Å²) in [4.78, 5) is 15.8. The van der Waals surface area contributed by atoms with Crippen molar-refractivity contribution in [3.63, 3.8) is 0 Å².